The molecule has 1 saturated carbocycles. The Morgan fingerprint density at radius 3 is 2.40 bits per heavy atom. The average Bonchev–Trinajstić information content (AvgIpc) is 3.27. The van der Waals surface area contributed by atoms with Gasteiger partial charge in [0.25, 0.3) is 0 Å². The molecular weight excluding hydrogens is 396 g/mol. The molecule has 0 saturated heterocycles. The highest BCUT2D eigenvalue weighted by atomic mass is 35.5. The van der Waals surface area contributed by atoms with Crippen molar-refractivity contribution in [3.05, 3.63) is 70.7 Å². The summed E-state index contributed by atoms with van der Waals surface area (Å²) < 4.78 is 0. The number of aryl methyl sites for hydroxylation is 1. The van der Waals surface area contributed by atoms with E-state index in [0.29, 0.717) is 30.8 Å². The van der Waals surface area contributed by atoms with Crippen LogP contribution in [0, 0.1) is 0 Å². The molecule has 5 heteroatoms. The van der Waals surface area contributed by atoms with Crippen LogP contribution in [0.5, 0.6) is 0 Å². The molecule has 1 unspecified atom stereocenters. The van der Waals surface area contributed by atoms with E-state index in [0.717, 1.165) is 36.8 Å². The van der Waals surface area contributed by atoms with Crippen LogP contribution in [0.2, 0.25) is 5.02 Å². The molecule has 1 aliphatic carbocycles. The Hall–Kier alpha value is -2.33. The van der Waals surface area contributed by atoms with Crippen LogP contribution in [-0.4, -0.2) is 28.8 Å². The molecule has 160 valence electrons. The maximum Gasteiger partial charge on any atom is 0.243 e. The normalized spacial score (nSPS) is 15.0. The molecule has 0 aromatic heterocycles. The van der Waals surface area contributed by atoms with Gasteiger partial charge >= 0.3 is 0 Å². The van der Waals surface area contributed by atoms with Gasteiger partial charge < -0.3 is 10.2 Å². The largest absolute Gasteiger partial charge is 0.352 e. The summed E-state index contributed by atoms with van der Waals surface area (Å²) in [5.74, 6) is -0.0725. The molecule has 2 aromatic carbocycles. The Labute approximate surface area is 184 Å². The summed E-state index contributed by atoms with van der Waals surface area (Å²) in [5, 5.41) is 3.79. The fraction of sp³-hybridized carbons (Fsp3) is 0.440. The van der Waals surface area contributed by atoms with Gasteiger partial charge in [-0.25, -0.2) is 0 Å². The van der Waals surface area contributed by atoms with E-state index in [1.807, 2.05) is 61.5 Å². The van der Waals surface area contributed by atoms with E-state index in [1.54, 1.807) is 4.90 Å². The minimum Gasteiger partial charge on any atom is -0.352 e. The quantitative estimate of drug-likeness (QED) is 0.603. The van der Waals surface area contributed by atoms with Crippen LogP contribution in [0.25, 0.3) is 0 Å². The Balaban J connectivity index is 1.76. The van der Waals surface area contributed by atoms with E-state index < -0.39 is 6.04 Å². The summed E-state index contributed by atoms with van der Waals surface area (Å²) in [5.41, 5.74) is 1.98. The van der Waals surface area contributed by atoms with Gasteiger partial charge in [0.05, 0.1) is 0 Å². The number of rotatable bonds is 9. The van der Waals surface area contributed by atoms with Crippen molar-refractivity contribution in [1.29, 1.82) is 0 Å². The Bertz CT molecular complexity index is 834. The van der Waals surface area contributed by atoms with Crippen LogP contribution < -0.4 is 5.32 Å². The summed E-state index contributed by atoms with van der Waals surface area (Å²) in [7, 11) is 0. The molecule has 4 nitrogen and oxygen atoms in total. The highest BCUT2D eigenvalue weighted by Crippen LogP contribution is 2.22. The topological polar surface area (TPSA) is 49.4 Å². The standard InChI is InChI=1S/C25H31ClN2O2/c1-2-23(25(30)27-21-13-7-8-14-21)28(18-20-12-6-9-15-22(20)26)24(29)17-16-19-10-4-3-5-11-19/h3-6,9-12,15,21,23H,2,7-8,13-14,16-18H2,1H3,(H,27,30). The van der Waals surface area contributed by atoms with Crippen molar-refractivity contribution in [2.24, 2.45) is 0 Å². The Kier molecular flexibility index (Phi) is 8.32. The van der Waals surface area contributed by atoms with Gasteiger partial charge in [0.1, 0.15) is 6.04 Å². The van der Waals surface area contributed by atoms with Gasteiger partial charge in [-0.15, -0.1) is 0 Å². The number of nitrogens with one attached hydrogen (secondary N) is 1. The molecule has 1 atom stereocenters. The van der Waals surface area contributed by atoms with E-state index in [2.05, 4.69) is 5.32 Å². The van der Waals surface area contributed by atoms with Gasteiger partial charge in [0.2, 0.25) is 11.8 Å². The summed E-state index contributed by atoms with van der Waals surface area (Å²) in [6, 6.07) is 17.2. The molecule has 3 rings (SSSR count). The van der Waals surface area contributed by atoms with Crippen LogP contribution in [0.4, 0.5) is 0 Å². The Morgan fingerprint density at radius 2 is 1.73 bits per heavy atom. The minimum absolute atomic E-state index is 0.0211. The summed E-state index contributed by atoms with van der Waals surface area (Å²) in [6.07, 6.45) is 5.94. The summed E-state index contributed by atoms with van der Waals surface area (Å²) >= 11 is 6.37. The highest BCUT2D eigenvalue weighted by Gasteiger charge is 2.30. The third kappa shape index (κ3) is 6.09. The molecule has 2 aromatic rings. The number of hydrogen-bond acceptors (Lipinski definition) is 2. The average molecular weight is 427 g/mol. The highest BCUT2D eigenvalue weighted by molar-refractivity contribution is 6.31. The molecule has 1 N–H and O–H groups in total. The second kappa shape index (κ2) is 11.2. The fourth-order valence-electron chi connectivity index (χ4n) is 4.14. The molecule has 1 fully saturated rings. The van der Waals surface area contributed by atoms with Crippen LogP contribution >= 0.6 is 11.6 Å². The van der Waals surface area contributed by atoms with Crippen molar-refractivity contribution in [3.63, 3.8) is 0 Å². The predicted molar refractivity (Wildman–Crippen MR) is 121 cm³/mol. The Morgan fingerprint density at radius 1 is 1.07 bits per heavy atom. The maximum atomic E-state index is 13.3. The van der Waals surface area contributed by atoms with Crippen molar-refractivity contribution < 1.29 is 9.59 Å². The number of benzene rings is 2. The van der Waals surface area contributed by atoms with Gasteiger partial charge in [0.15, 0.2) is 0 Å². The first kappa shape index (κ1) is 22.4. The molecule has 30 heavy (non-hydrogen) atoms. The number of halogens is 1. The van der Waals surface area contributed by atoms with Gasteiger partial charge in [-0.3, -0.25) is 9.59 Å². The molecule has 0 bridgehead atoms. The van der Waals surface area contributed by atoms with Crippen LogP contribution in [-0.2, 0) is 22.6 Å². The van der Waals surface area contributed by atoms with E-state index in [9.17, 15) is 9.59 Å². The molecule has 0 heterocycles. The van der Waals surface area contributed by atoms with Gasteiger partial charge in [0, 0.05) is 24.0 Å². The lowest BCUT2D eigenvalue weighted by Gasteiger charge is -2.32. The minimum atomic E-state index is -0.495. The van der Waals surface area contributed by atoms with Crippen LogP contribution in [0.15, 0.2) is 54.6 Å². The third-order valence-corrected chi connectivity index (χ3v) is 6.23. The lowest BCUT2D eigenvalue weighted by Crippen LogP contribution is -2.51. The van der Waals surface area contributed by atoms with Crippen molar-refractivity contribution in [1.82, 2.24) is 10.2 Å². The fourth-order valence-corrected chi connectivity index (χ4v) is 4.33. The predicted octanol–water partition coefficient (Wildman–Crippen LogP) is 5.14. The van der Waals surface area contributed by atoms with Crippen LogP contribution in [0.1, 0.15) is 56.6 Å². The molecule has 0 spiro atoms. The zero-order valence-corrected chi connectivity index (χ0v) is 18.4. The van der Waals surface area contributed by atoms with Crippen LogP contribution in [0.3, 0.4) is 0 Å². The van der Waals surface area contributed by atoms with E-state index >= 15 is 0 Å². The zero-order chi connectivity index (χ0) is 21.3. The van der Waals surface area contributed by atoms with Crippen molar-refractivity contribution in [2.45, 2.75) is 70.5 Å². The second-order valence-electron chi connectivity index (χ2n) is 8.01. The lowest BCUT2D eigenvalue weighted by molar-refractivity contribution is -0.141. The van der Waals surface area contributed by atoms with Gasteiger partial charge in [-0.2, -0.15) is 0 Å². The zero-order valence-electron chi connectivity index (χ0n) is 17.6. The van der Waals surface area contributed by atoms with Gasteiger partial charge in [-0.05, 0) is 42.9 Å². The number of amides is 2. The van der Waals surface area contributed by atoms with E-state index in [1.165, 1.54) is 0 Å². The second-order valence-corrected chi connectivity index (χ2v) is 8.42. The van der Waals surface area contributed by atoms with E-state index in [4.69, 9.17) is 11.6 Å². The maximum absolute atomic E-state index is 13.3. The molecule has 2 amide bonds. The van der Waals surface area contributed by atoms with Gasteiger partial charge in [-0.1, -0.05) is 79.9 Å². The van der Waals surface area contributed by atoms with Crippen molar-refractivity contribution in [3.8, 4) is 0 Å². The van der Waals surface area contributed by atoms with Crippen molar-refractivity contribution >= 4 is 23.4 Å². The van der Waals surface area contributed by atoms with E-state index in [-0.39, 0.29) is 17.9 Å². The first-order valence-electron chi connectivity index (χ1n) is 11.0. The molecule has 0 radical (unpaired) electrons. The summed E-state index contributed by atoms with van der Waals surface area (Å²) in [6.45, 7) is 2.30. The number of carbonyl (C=O) groups is 2. The molecule has 1 aliphatic rings. The molecule has 0 aliphatic heterocycles. The number of hydrogen-bond donors (Lipinski definition) is 1. The first-order valence-corrected chi connectivity index (χ1v) is 11.3. The monoisotopic (exact) mass is 426 g/mol. The summed E-state index contributed by atoms with van der Waals surface area (Å²) in [4.78, 5) is 28.1. The smallest absolute Gasteiger partial charge is 0.243 e. The molecular formula is C25H31ClN2O2. The number of carbonyl (C=O) groups excluding carboxylic acids is 2. The SMILES string of the molecule is CCC(C(=O)NC1CCCC1)N(Cc1ccccc1Cl)C(=O)CCc1ccccc1. The van der Waals surface area contributed by atoms with Crippen molar-refractivity contribution in [2.75, 3.05) is 0 Å². The number of nitrogens with zero attached hydrogens (tertiary/aromatic N) is 1. The first-order chi connectivity index (χ1) is 14.6. The lowest BCUT2D eigenvalue weighted by atomic mass is 10.1. The third-order valence-electron chi connectivity index (χ3n) is 5.86.